The summed E-state index contributed by atoms with van der Waals surface area (Å²) in [6.45, 7) is 6.65. The molecule has 0 rings (SSSR count). The van der Waals surface area contributed by atoms with Crippen molar-refractivity contribution in [2.45, 2.75) is 51.9 Å². The Labute approximate surface area is 94.6 Å². The van der Waals surface area contributed by atoms with E-state index in [0.717, 1.165) is 0 Å². The maximum atomic E-state index is 11.3. The Morgan fingerprint density at radius 1 is 1.38 bits per heavy atom. The quantitative estimate of drug-likeness (QED) is 0.665. The molecule has 2 atom stereocenters. The molecule has 0 aliphatic carbocycles. The highest BCUT2D eigenvalue weighted by atomic mass is 16.6. The van der Waals surface area contributed by atoms with Crippen LogP contribution in [0.25, 0.3) is 0 Å². The normalized spacial score (nSPS) is 15.1. The molecule has 0 aliphatic rings. The maximum Gasteiger partial charge on any atom is 0.407 e. The van der Waals surface area contributed by atoms with E-state index in [1.807, 2.05) is 0 Å². The fraction of sp³-hybridized carbons (Fsp3) is 0.800. The van der Waals surface area contributed by atoms with Gasteiger partial charge in [0.05, 0.1) is 18.6 Å². The van der Waals surface area contributed by atoms with Crippen LogP contribution in [0.1, 0.15) is 34.1 Å². The van der Waals surface area contributed by atoms with E-state index in [9.17, 15) is 14.7 Å². The Balaban J connectivity index is 4.09. The number of hydrogen-bond donors (Lipinski definition) is 3. The molecular weight excluding hydrogens is 214 g/mol. The molecule has 6 nitrogen and oxygen atoms in total. The minimum atomic E-state index is -1.13. The highest BCUT2D eigenvalue weighted by molar-refractivity contribution is 5.69. The summed E-state index contributed by atoms with van der Waals surface area (Å²) >= 11 is 0. The van der Waals surface area contributed by atoms with Crippen molar-refractivity contribution in [1.29, 1.82) is 0 Å². The first-order chi connectivity index (χ1) is 7.11. The van der Waals surface area contributed by atoms with E-state index in [2.05, 4.69) is 5.32 Å². The van der Waals surface area contributed by atoms with E-state index in [-0.39, 0.29) is 0 Å². The van der Waals surface area contributed by atoms with Crippen LogP contribution in [0.15, 0.2) is 0 Å². The Kier molecular flexibility index (Phi) is 5.23. The number of alkyl carbamates (subject to hydrolysis) is 1. The van der Waals surface area contributed by atoms with Gasteiger partial charge in [0.25, 0.3) is 0 Å². The Morgan fingerprint density at radius 3 is 2.25 bits per heavy atom. The van der Waals surface area contributed by atoms with Crippen molar-refractivity contribution in [3.8, 4) is 0 Å². The number of carboxylic acids is 1. The predicted molar refractivity (Wildman–Crippen MR) is 57.1 cm³/mol. The minimum Gasteiger partial charge on any atom is -0.481 e. The smallest absolute Gasteiger partial charge is 0.407 e. The number of aliphatic hydroxyl groups is 1. The fourth-order valence-corrected chi connectivity index (χ4v) is 0.945. The van der Waals surface area contributed by atoms with Gasteiger partial charge in [0.2, 0.25) is 0 Å². The maximum absolute atomic E-state index is 11.3. The van der Waals surface area contributed by atoms with Crippen LogP contribution in [0.3, 0.4) is 0 Å². The summed E-state index contributed by atoms with van der Waals surface area (Å²) in [4.78, 5) is 21.6. The van der Waals surface area contributed by atoms with Crippen LogP contribution in [0, 0.1) is 0 Å². The number of rotatable bonds is 4. The van der Waals surface area contributed by atoms with E-state index in [0.29, 0.717) is 0 Å². The molecule has 0 bridgehead atoms. The molecule has 0 saturated heterocycles. The van der Waals surface area contributed by atoms with Gasteiger partial charge in [-0.1, -0.05) is 0 Å². The molecule has 16 heavy (non-hydrogen) atoms. The Hall–Kier alpha value is -1.30. The molecule has 0 aromatic heterocycles. The number of carbonyl (C=O) groups excluding carboxylic acids is 1. The molecule has 0 aromatic rings. The highest BCUT2D eigenvalue weighted by Crippen LogP contribution is 2.07. The second kappa shape index (κ2) is 5.69. The fourth-order valence-electron chi connectivity index (χ4n) is 0.945. The molecular formula is C10H19NO5. The van der Waals surface area contributed by atoms with Gasteiger partial charge in [-0.15, -0.1) is 0 Å². The molecule has 0 unspecified atom stereocenters. The number of nitrogens with one attached hydrogen (secondary N) is 1. The minimum absolute atomic E-state index is 0.420. The van der Waals surface area contributed by atoms with Crippen LogP contribution in [0.2, 0.25) is 0 Å². The van der Waals surface area contributed by atoms with Crippen molar-refractivity contribution in [2.75, 3.05) is 0 Å². The number of carbonyl (C=O) groups is 2. The van der Waals surface area contributed by atoms with Gasteiger partial charge in [0.1, 0.15) is 5.60 Å². The average molecular weight is 233 g/mol. The van der Waals surface area contributed by atoms with Gasteiger partial charge in [-0.3, -0.25) is 4.79 Å². The lowest BCUT2D eigenvalue weighted by atomic mass is 10.1. The van der Waals surface area contributed by atoms with Gasteiger partial charge in [-0.05, 0) is 27.7 Å². The van der Waals surface area contributed by atoms with Crippen LogP contribution < -0.4 is 5.32 Å². The monoisotopic (exact) mass is 233 g/mol. The molecule has 0 spiro atoms. The van der Waals surface area contributed by atoms with Crippen molar-refractivity contribution >= 4 is 12.1 Å². The summed E-state index contributed by atoms with van der Waals surface area (Å²) < 4.78 is 4.95. The van der Waals surface area contributed by atoms with Gasteiger partial charge in [-0.2, -0.15) is 0 Å². The zero-order valence-corrected chi connectivity index (χ0v) is 9.98. The van der Waals surface area contributed by atoms with E-state index < -0.39 is 36.2 Å². The lowest BCUT2D eigenvalue weighted by molar-refractivity contribution is -0.139. The van der Waals surface area contributed by atoms with Crippen molar-refractivity contribution < 1.29 is 24.5 Å². The second-order valence-corrected chi connectivity index (χ2v) is 4.60. The Bertz CT molecular complexity index is 258. The Morgan fingerprint density at radius 2 is 1.88 bits per heavy atom. The zero-order chi connectivity index (χ0) is 12.9. The summed E-state index contributed by atoms with van der Waals surface area (Å²) in [7, 11) is 0. The van der Waals surface area contributed by atoms with E-state index >= 15 is 0 Å². The first-order valence-electron chi connectivity index (χ1n) is 5.01. The van der Waals surface area contributed by atoms with E-state index in [1.165, 1.54) is 6.92 Å². The molecule has 1 amide bonds. The van der Waals surface area contributed by atoms with Gasteiger partial charge < -0.3 is 20.3 Å². The molecule has 0 aromatic carbocycles. The number of carboxylic acid groups (broad SMARTS) is 1. The average Bonchev–Trinajstić information content (AvgIpc) is 1.98. The number of aliphatic hydroxyl groups excluding tert-OH is 1. The number of aliphatic carboxylic acids is 1. The van der Waals surface area contributed by atoms with Crippen molar-refractivity contribution in [1.82, 2.24) is 5.32 Å². The third-order valence-electron chi connectivity index (χ3n) is 1.71. The predicted octanol–water partition coefficient (Wildman–Crippen LogP) is 0.735. The largest absolute Gasteiger partial charge is 0.481 e. The lowest BCUT2D eigenvalue weighted by Crippen LogP contribution is -2.44. The van der Waals surface area contributed by atoms with Crippen LogP contribution in [0.5, 0.6) is 0 Å². The molecule has 0 fully saturated rings. The molecule has 3 N–H and O–H groups in total. The number of amides is 1. The number of hydrogen-bond acceptors (Lipinski definition) is 4. The van der Waals surface area contributed by atoms with Crippen molar-refractivity contribution in [3.63, 3.8) is 0 Å². The van der Waals surface area contributed by atoms with Crippen LogP contribution in [-0.2, 0) is 9.53 Å². The highest BCUT2D eigenvalue weighted by Gasteiger charge is 2.22. The SMILES string of the molecule is C[C@H](NC(=O)OC(C)(C)C)[C@H](O)CC(=O)O. The third kappa shape index (κ3) is 7.05. The number of ether oxygens (including phenoxy) is 1. The second-order valence-electron chi connectivity index (χ2n) is 4.60. The lowest BCUT2D eigenvalue weighted by Gasteiger charge is -2.23. The zero-order valence-electron chi connectivity index (χ0n) is 9.98. The van der Waals surface area contributed by atoms with E-state index in [4.69, 9.17) is 9.84 Å². The van der Waals surface area contributed by atoms with Gasteiger partial charge >= 0.3 is 12.1 Å². The molecule has 0 saturated carbocycles. The van der Waals surface area contributed by atoms with Gasteiger partial charge in [-0.25, -0.2) is 4.79 Å². The molecule has 94 valence electrons. The van der Waals surface area contributed by atoms with Gasteiger partial charge in [0, 0.05) is 0 Å². The standard InChI is InChI=1S/C10H19NO5/c1-6(7(12)5-8(13)14)11-9(15)16-10(2,3)4/h6-7,12H,5H2,1-4H3,(H,11,15)(H,13,14)/t6-,7+/m0/s1. The third-order valence-corrected chi connectivity index (χ3v) is 1.71. The summed E-state index contributed by atoms with van der Waals surface area (Å²) in [5.41, 5.74) is -0.623. The van der Waals surface area contributed by atoms with E-state index in [1.54, 1.807) is 20.8 Å². The van der Waals surface area contributed by atoms with Crippen LogP contribution in [0.4, 0.5) is 4.79 Å². The molecule has 0 aliphatic heterocycles. The summed E-state index contributed by atoms with van der Waals surface area (Å²) in [6, 6.07) is -0.675. The summed E-state index contributed by atoms with van der Waals surface area (Å²) in [6.07, 6.45) is -2.23. The first-order valence-corrected chi connectivity index (χ1v) is 5.01. The summed E-state index contributed by atoms with van der Waals surface area (Å²) in [5.74, 6) is -1.12. The van der Waals surface area contributed by atoms with Crippen LogP contribution >= 0.6 is 0 Å². The van der Waals surface area contributed by atoms with Gasteiger partial charge in [0.15, 0.2) is 0 Å². The molecule has 0 heterocycles. The molecule has 6 heteroatoms. The van der Waals surface area contributed by atoms with Crippen molar-refractivity contribution in [2.24, 2.45) is 0 Å². The summed E-state index contributed by atoms with van der Waals surface area (Å²) in [5, 5.41) is 20.2. The van der Waals surface area contributed by atoms with Crippen molar-refractivity contribution in [3.05, 3.63) is 0 Å². The molecule has 0 radical (unpaired) electrons. The first kappa shape index (κ1) is 14.7. The van der Waals surface area contributed by atoms with Crippen LogP contribution in [-0.4, -0.2) is 40.0 Å². The topological polar surface area (TPSA) is 95.9 Å².